The lowest BCUT2D eigenvalue weighted by molar-refractivity contribution is -0.141. The maximum absolute atomic E-state index is 12.3. The van der Waals surface area contributed by atoms with Crippen LogP contribution in [-0.4, -0.2) is 34.0 Å². The van der Waals surface area contributed by atoms with E-state index in [0.29, 0.717) is 6.54 Å². The number of nitrogens with zero attached hydrogens (tertiary/aromatic N) is 2. The van der Waals surface area contributed by atoms with E-state index in [4.69, 9.17) is 4.52 Å². The molecular formula is C13H17N3O3. The summed E-state index contributed by atoms with van der Waals surface area (Å²) >= 11 is 0. The van der Waals surface area contributed by atoms with Crippen molar-refractivity contribution >= 4 is 11.8 Å². The van der Waals surface area contributed by atoms with E-state index < -0.39 is 6.04 Å². The summed E-state index contributed by atoms with van der Waals surface area (Å²) in [4.78, 5) is 25.7. The topological polar surface area (TPSA) is 75.4 Å². The van der Waals surface area contributed by atoms with Gasteiger partial charge in [-0.05, 0) is 12.8 Å². The van der Waals surface area contributed by atoms with Crippen LogP contribution in [0.1, 0.15) is 37.8 Å². The predicted molar refractivity (Wildman–Crippen MR) is 65.9 cm³/mol. The molecule has 6 heteroatoms. The number of imide groups is 1. The van der Waals surface area contributed by atoms with E-state index in [9.17, 15) is 9.59 Å². The molecule has 2 amide bonds. The maximum Gasteiger partial charge on any atom is 0.247 e. The molecule has 2 heterocycles. The van der Waals surface area contributed by atoms with Crippen molar-refractivity contribution in [2.45, 2.75) is 50.7 Å². The van der Waals surface area contributed by atoms with Crippen molar-refractivity contribution in [1.29, 1.82) is 0 Å². The zero-order chi connectivity index (χ0) is 13.2. The summed E-state index contributed by atoms with van der Waals surface area (Å²) in [6.45, 7) is 0.443. The molecule has 1 aromatic rings. The molecule has 1 saturated heterocycles. The number of hydrogen-bond acceptors (Lipinski definition) is 5. The minimum Gasteiger partial charge on any atom is -0.364 e. The average molecular weight is 263 g/mol. The SMILES string of the molecule is O=C1CC(NCc2ccon2)C(=O)N1C1CCCC1. The first kappa shape index (κ1) is 12.3. The van der Waals surface area contributed by atoms with Crippen molar-refractivity contribution < 1.29 is 14.1 Å². The Morgan fingerprint density at radius 1 is 1.37 bits per heavy atom. The minimum absolute atomic E-state index is 0.0467. The number of likely N-dealkylation sites (tertiary alicyclic amines) is 1. The van der Waals surface area contributed by atoms with Crippen molar-refractivity contribution in [1.82, 2.24) is 15.4 Å². The Morgan fingerprint density at radius 3 is 2.84 bits per heavy atom. The average Bonchev–Trinajstić information content (AvgIpc) is 3.09. The van der Waals surface area contributed by atoms with Crippen molar-refractivity contribution in [3.63, 3.8) is 0 Å². The van der Waals surface area contributed by atoms with E-state index in [0.717, 1.165) is 31.4 Å². The van der Waals surface area contributed by atoms with Gasteiger partial charge in [0.05, 0.1) is 18.2 Å². The molecule has 2 fully saturated rings. The zero-order valence-corrected chi connectivity index (χ0v) is 10.7. The first-order chi connectivity index (χ1) is 9.25. The molecule has 1 N–H and O–H groups in total. The Labute approximate surface area is 111 Å². The van der Waals surface area contributed by atoms with Gasteiger partial charge in [-0.25, -0.2) is 0 Å². The summed E-state index contributed by atoms with van der Waals surface area (Å²) < 4.78 is 4.73. The molecule has 1 aromatic heterocycles. The van der Waals surface area contributed by atoms with Gasteiger partial charge < -0.3 is 4.52 Å². The van der Waals surface area contributed by atoms with Gasteiger partial charge in [-0.3, -0.25) is 19.8 Å². The summed E-state index contributed by atoms with van der Waals surface area (Å²) in [7, 11) is 0. The smallest absolute Gasteiger partial charge is 0.247 e. The molecule has 1 atom stereocenters. The van der Waals surface area contributed by atoms with Gasteiger partial charge >= 0.3 is 0 Å². The van der Waals surface area contributed by atoms with Crippen LogP contribution in [0, 0.1) is 0 Å². The molecule has 102 valence electrons. The van der Waals surface area contributed by atoms with Gasteiger partial charge in [-0.15, -0.1) is 0 Å². The second-order valence-corrected chi connectivity index (χ2v) is 5.17. The summed E-state index contributed by atoms with van der Waals surface area (Å²) in [6, 6.07) is 1.45. The third kappa shape index (κ3) is 2.40. The predicted octanol–water partition coefficient (Wildman–Crippen LogP) is 0.834. The molecule has 0 aromatic carbocycles. The molecule has 19 heavy (non-hydrogen) atoms. The summed E-state index contributed by atoms with van der Waals surface area (Å²) in [5.74, 6) is -0.130. The van der Waals surface area contributed by atoms with Gasteiger partial charge in [0.2, 0.25) is 11.8 Å². The third-order valence-corrected chi connectivity index (χ3v) is 3.89. The normalized spacial score (nSPS) is 24.6. The zero-order valence-electron chi connectivity index (χ0n) is 10.7. The lowest BCUT2D eigenvalue weighted by Gasteiger charge is -2.22. The quantitative estimate of drug-likeness (QED) is 0.814. The van der Waals surface area contributed by atoms with E-state index in [1.54, 1.807) is 6.07 Å². The van der Waals surface area contributed by atoms with Gasteiger partial charge in [0.25, 0.3) is 0 Å². The molecule has 1 aliphatic carbocycles. The number of nitrogens with one attached hydrogen (secondary N) is 1. The van der Waals surface area contributed by atoms with Gasteiger partial charge in [0, 0.05) is 18.7 Å². The van der Waals surface area contributed by atoms with Gasteiger partial charge in [0.15, 0.2) is 0 Å². The summed E-state index contributed by atoms with van der Waals surface area (Å²) in [5.41, 5.74) is 0.736. The van der Waals surface area contributed by atoms with E-state index in [1.165, 1.54) is 11.2 Å². The van der Waals surface area contributed by atoms with Gasteiger partial charge in [-0.2, -0.15) is 0 Å². The molecule has 0 bridgehead atoms. The van der Waals surface area contributed by atoms with Crippen molar-refractivity contribution in [3.05, 3.63) is 18.0 Å². The number of carbonyl (C=O) groups excluding carboxylic acids is 2. The van der Waals surface area contributed by atoms with Crippen LogP contribution in [0.25, 0.3) is 0 Å². The monoisotopic (exact) mass is 263 g/mol. The fraction of sp³-hybridized carbons (Fsp3) is 0.615. The lowest BCUT2D eigenvalue weighted by Crippen LogP contribution is -2.42. The number of carbonyl (C=O) groups is 2. The Hall–Kier alpha value is -1.69. The summed E-state index contributed by atoms with van der Waals surface area (Å²) in [5, 5.41) is 6.85. The molecule has 1 aliphatic heterocycles. The fourth-order valence-electron chi connectivity index (χ4n) is 2.91. The second-order valence-electron chi connectivity index (χ2n) is 5.17. The lowest BCUT2D eigenvalue weighted by atomic mass is 10.2. The van der Waals surface area contributed by atoms with Crippen LogP contribution in [0.3, 0.4) is 0 Å². The van der Waals surface area contributed by atoms with Crippen LogP contribution in [0.15, 0.2) is 16.9 Å². The van der Waals surface area contributed by atoms with E-state index in [2.05, 4.69) is 10.5 Å². The standard InChI is InChI=1S/C13H17N3O3/c17-12-7-11(14-8-9-5-6-19-15-9)13(18)16(12)10-3-1-2-4-10/h5-6,10-11,14H,1-4,7-8H2. The molecular weight excluding hydrogens is 246 g/mol. The molecule has 3 rings (SSSR count). The first-order valence-corrected chi connectivity index (χ1v) is 6.74. The molecule has 1 unspecified atom stereocenters. The Bertz CT molecular complexity index is 465. The minimum atomic E-state index is -0.412. The number of amides is 2. The van der Waals surface area contributed by atoms with E-state index in [-0.39, 0.29) is 24.3 Å². The molecule has 2 aliphatic rings. The highest BCUT2D eigenvalue weighted by molar-refractivity contribution is 6.05. The fourth-order valence-corrected chi connectivity index (χ4v) is 2.91. The maximum atomic E-state index is 12.3. The number of hydrogen-bond donors (Lipinski definition) is 1. The van der Waals surface area contributed by atoms with E-state index >= 15 is 0 Å². The first-order valence-electron chi connectivity index (χ1n) is 6.74. The highest BCUT2D eigenvalue weighted by atomic mass is 16.5. The highest BCUT2D eigenvalue weighted by Crippen LogP contribution is 2.28. The largest absolute Gasteiger partial charge is 0.364 e. The molecule has 6 nitrogen and oxygen atoms in total. The van der Waals surface area contributed by atoms with Crippen molar-refractivity contribution in [3.8, 4) is 0 Å². The Kier molecular flexibility index (Phi) is 3.33. The Balaban J connectivity index is 1.61. The van der Waals surface area contributed by atoms with E-state index in [1.807, 2.05) is 0 Å². The van der Waals surface area contributed by atoms with Crippen molar-refractivity contribution in [2.24, 2.45) is 0 Å². The van der Waals surface area contributed by atoms with Crippen LogP contribution in [0.4, 0.5) is 0 Å². The van der Waals surface area contributed by atoms with Crippen LogP contribution < -0.4 is 5.32 Å². The van der Waals surface area contributed by atoms with Gasteiger partial charge in [-0.1, -0.05) is 18.0 Å². The highest BCUT2D eigenvalue weighted by Gasteiger charge is 2.42. The summed E-state index contributed by atoms with van der Waals surface area (Å²) in [6.07, 6.45) is 5.87. The number of rotatable bonds is 4. The molecule has 0 spiro atoms. The Morgan fingerprint density at radius 2 is 2.16 bits per heavy atom. The van der Waals surface area contributed by atoms with Crippen LogP contribution in [-0.2, 0) is 16.1 Å². The van der Waals surface area contributed by atoms with Crippen LogP contribution >= 0.6 is 0 Å². The van der Waals surface area contributed by atoms with Gasteiger partial charge in [0.1, 0.15) is 6.26 Å². The number of aromatic nitrogens is 1. The molecule has 1 saturated carbocycles. The van der Waals surface area contributed by atoms with Crippen molar-refractivity contribution in [2.75, 3.05) is 0 Å². The second kappa shape index (κ2) is 5.13. The molecule has 0 radical (unpaired) electrons. The van der Waals surface area contributed by atoms with Crippen LogP contribution in [0.5, 0.6) is 0 Å². The van der Waals surface area contributed by atoms with Crippen LogP contribution in [0.2, 0.25) is 0 Å². The third-order valence-electron chi connectivity index (χ3n) is 3.89.